The molecule has 0 spiro atoms. The van der Waals surface area contributed by atoms with Crippen LogP contribution in [0.2, 0.25) is 46.4 Å². The van der Waals surface area contributed by atoms with Gasteiger partial charge in [0.15, 0.2) is 0 Å². The Bertz CT molecular complexity index is 1140. The van der Waals surface area contributed by atoms with E-state index in [0.717, 1.165) is 0 Å². The Hall–Kier alpha value is -0.932. The average molecular weight is 539 g/mol. The van der Waals surface area contributed by atoms with Gasteiger partial charge in [-0.25, -0.2) is 0 Å². The van der Waals surface area contributed by atoms with Crippen LogP contribution in [0.3, 0.4) is 0 Å². The summed E-state index contributed by atoms with van der Waals surface area (Å²) in [5.41, 5.74) is 6.31. The molecule has 0 aromatic heterocycles. The van der Waals surface area contributed by atoms with Crippen LogP contribution in [0, 0.1) is 6.92 Å². The Labute approximate surface area is 222 Å². The van der Waals surface area contributed by atoms with Crippen molar-refractivity contribution in [3.05, 3.63) is 74.7 Å². The van der Waals surface area contributed by atoms with E-state index in [-0.39, 0.29) is 5.04 Å². The summed E-state index contributed by atoms with van der Waals surface area (Å²) in [4.78, 5) is 0. The maximum absolute atomic E-state index is 2.70. The van der Waals surface area contributed by atoms with Crippen molar-refractivity contribution in [2.45, 2.75) is 101 Å². The van der Waals surface area contributed by atoms with Crippen LogP contribution in [0.1, 0.15) is 53.0 Å². The molecule has 190 valence electrons. The SMILES string of the molecule is CCCC[Si](c1ccccc1)(c1cc(C)cc([Si](C)(C)C)c1)C1(C)C(C)=C(C)C(C)=[C]1[Ti]([CH3])([CH3])[CH3]. The first-order valence-corrected chi connectivity index (χ1v) is 24.9. The molecule has 0 nitrogen and oxygen atoms in total. The molecule has 2 aromatic rings. The second-order valence-electron chi connectivity index (χ2n) is 13.3. The summed E-state index contributed by atoms with van der Waals surface area (Å²) in [5, 5.41) is 13.0. The molecule has 0 fully saturated rings. The zero-order valence-corrected chi connectivity index (χ0v) is 28.3. The molecule has 1 aliphatic rings. The molecule has 1 aliphatic carbocycles. The second kappa shape index (κ2) is 10.1. The van der Waals surface area contributed by atoms with Crippen molar-refractivity contribution in [2.24, 2.45) is 0 Å². The number of unbranched alkanes of at least 4 members (excludes halogenated alkanes) is 1. The van der Waals surface area contributed by atoms with Crippen molar-refractivity contribution in [3.63, 3.8) is 0 Å². The van der Waals surface area contributed by atoms with Crippen molar-refractivity contribution in [2.75, 3.05) is 0 Å². The van der Waals surface area contributed by atoms with Crippen molar-refractivity contribution >= 4 is 31.7 Å². The van der Waals surface area contributed by atoms with Crippen LogP contribution in [0.5, 0.6) is 0 Å². The van der Waals surface area contributed by atoms with Crippen molar-refractivity contribution < 1.29 is 16.6 Å². The molecule has 0 N–H and O–H groups in total. The number of hydrogen-bond acceptors (Lipinski definition) is 0. The third kappa shape index (κ3) is 4.86. The molecule has 0 amide bonds. The quantitative estimate of drug-likeness (QED) is 0.295. The van der Waals surface area contributed by atoms with Crippen LogP contribution in [0.25, 0.3) is 0 Å². The van der Waals surface area contributed by atoms with Crippen LogP contribution in [-0.2, 0) is 16.6 Å². The summed E-state index contributed by atoms with van der Waals surface area (Å²) in [6.45, 7) is 22.3. The molecule has 2 aromatic carbocycles. The predicted molar refractivity (Wildman–Crippen MR) is 162 cm³/mol. The van der Waals surface area contributed by atoms with Crippen LogP contribution in [0.15, 0.2) is 69.1 Å². The summed E-state index contributed by atoms with van der Waals surface area (Å²) < 4.78 is 1.87. The van der Waals surface area contributed by atoms with Crippen molar-refractivity contribution in [3.8, 4) is 0 Å². The fraction of sp³-hybridized carbons (Fsp3) is 0.500. The van der Waals surface area contributed by atoms with Crippen molar-refractivity contribution in [1.29, 1.82) is 0 Å². The topological polar surface area (TPSA) is 0 Å². The summed E-state index contributed by atoms with van der Waals surface area (Å²) in [6, 6.07) is 20.9. The van der Waals surface area contributed by atoms with E-state index in [9.17, 15) is 0 Å². The molecule has 2 atom stereocenters. The van der Waals surface area contributed by atoms with E-state index in [0.29, 0.717) is 0 Å². The number of benzene rings is 2. The first-order valence-electron chi connectivity index (χ1n) is 13.7. The van der Waals surface area contributed by atoms with Gasteiger partial charge in [0.1, 0.15) is 0 Å². The van der Waals surface area contributed by atoms with Gasteiger partial charge >= 0.3 is 224 Å². The Morgan fingerprint density at radius 2 is 1.34 bits per heavy atom. The number of aryl methyl sites for hydroxylation is 1. The van der Waals surface area contributed by atoms with Gasteiger partial charge in [-0.05, 0) is 0 Å². The van der Waals surface area contributed by atoms with E-state index < -0.39 is 32.7 Å². The average Bonchev–Trinajstić information content (AvgIpc) is 2.94. The first kappa shape index (κ1) is 28.6. The van der Waals surface area contributed by atoms with Crippen molar-refractivity contribution in [1.82, 2.24) is 0 Å². The first-order chi connectivity index (χ1) is 16.1. The Kier molecular flexibility index (Phi) is 8.25. The molecule has 0 aliphatic heterocycles. The zero-order valence-electron chi connectivity index (χ0n) is 24.7. The number of allylic oxidation sites excluding steroid dienone is 4. The van der Waals surface area contributed by atoms with Gasteiger partial charge in [0.25, 0.3) is 0 Å². The van der Waals surface area contributed by atoms with E-state index in [1.54, 1.807) is 32.3 Å². The molecule has 0 bridgehead atoms. The molecule has 0 saturated heterocycles. The molecular formula is C32H50Si2Ti. The van der Waals surface area contributed by atoms with Gasteiger partial charge in [0.2, 0.25) is 0 Å². The Morgan fingerprint density at radius 3 is 1.86 bits per heavy atom. The molecule has 35 heavy (non-hydrogen) atoms. The minimum absolute atomic E-state index is 0.125. The zero-order chi connectivity index (χ0) is 26.4. The number of rotatable bonds is 8. The van der Waals surface area contributed by atoms with E-state index in [1.165, 1.54) is 24.4 Å². The van der Waals surface area contributed by atoms with Crippen LogP contribution >= 0.6 is 0 Å². The van der Waals surface area contributed by atoms with E-state index >= 15 is 0 Å². The Morgan fingerprint density at radius 1 is 0.771 bits per heavy atom. The maximum atomic E-state index is 2.70. The van der Waals surface area contributed by atoms with Gasteiger partial charge in [-0.2, -0.15) is 0 Å². The van der Waals surface area contributed by atoms with Gasteiger partial charge in [-0.1, -0.05) is 0 Å². The molecule has 2 unspecified atom stereocenters. The molecule has 3 heteroatoms. The normalized spacial score (nSPS) is 21.0. The summed E-state index contributed by atoms with van der Waals surface area (Å²) >= 11 is -2.20. The fourth-order valence-electron chi connectivity index (χ4n) is 7.16. The van der Waals surface area contributed by atoms with Crippen LogP contribution in [-0.4, -0.2) is 16.1 Å². The minimum atomic E-state index is -2.27. The predicted octanol–water partition coefficient (Wildman–Crippen LogP) is 8.59. The third-order valence-electron chi connectivity index (χ3n) is 8.96. The van der Waals surface area contributed by atoms with Gasteiger partial charge < -0.3 is 0 Å². The summed E-state index contributed by atoms with van der Waals surface area (Å²) in [7, 11) is -3.73. The molecule has 0 heterocycles. The Balaban J connectivity index is 2.57. The second-order valence-corrected chi connectivity index (χ2v) is 30.7. The molecule has 0 radical (unpaired) electrons. The van der Waals surface area contributed by atoms with E-state index in [1.807, 2.05) is 3.88 Å². The van der Waals surface area contributed by atoms with Crippen LogP contribution < -0.4 is 15.6 Å². The summed E-state index contributed by atoms with van der Waals surface area (Å²) in [6.07, 6.45) is 2.55. The third-order valence-corrected chi connectivity index (χ3v) is 21.1. The van der Waals surface area contributed by atoms with E-state index in [4.69, 9.17) is 0 Å². The van der Waals surface area contributed by atoms with Gasteiger partial charge in [-0.3, -0.25) is 0 Å². The van der Waals surface area contributed by atoms with E-state index in [2.05, 4.69) is 125 Å². The standard InChI is InChI=1S/C29H41Si2.3CH3.Ti/c1-10-11-17-31(26-15-13-12-14-16-26,29(6)21-23(3)24(4)25(29)5)28-19-22(2)18-27(20-28)30(7,8)9;;;;/h12-16,18-20H,10-11,17H2,1-9H3;3*1H3;. The van der Waals surface area contributed by atoms with Gasteiger partial charge in [0.05, 0.1) is 0 Å². The van der Waals surface area contributed by atoms with Gasteiger partial charge in [0, 0.05) is 0 Å². The molecular weight excluding hydrogens is 488 g/mol. The molecule has 0 saturated carbocycles. The number of hydrogen-bond donors (Lipinski definition) is 0. The fourth-order valence-corrected chi connectivity index (χ4v) is 22.3. The van der Waals surface area contributed by atoms with Gasteiger partial charge in [-0.15, -0.1) is 0 Å². The van der Waals surface area contributed by atoms with Crippen LogP contribution in [0.4, 0.5) is 0 Å². The monoisotopic (exact) mass is 538 g/mol. The summed E-state index contributed by atoms with van der Waals surface area (Å²) in [5.74, 6) is 0. The molecule has 3 rings (SSSR count).